The SMILES string of the molecule is CCC(Oc1cccc(C)c1)C(=O)NC(CC1CC1)C(=O)O. The largest absolute Gasteiger partial charge is 0.481 e. The van der Waals surface area contributed by atoms with Crippen LogP contribution in [-0.4, -0.2) is 29.1 Å². The smallest absolute Gasteiger partial charge is 0.326 e. The Balaban J connectivity index is 1.96. The number of hydrogen-bond donors (Lipinski definition) is 2. The Morgan fingerprint density at radius 3 is 2.68 bits per heavy atom. The van der Waals surface area contributed by atoms with Gasteiger partial charge in [-0.3, -0.25) is 4.79 Å². The number of amides is 1. The number of benzene rings is 1. The number of rotatable bonds is 8. The summed E-state index contributed by atoms with van der Waals surface area (Å²) in [5.41, 5.74) is 1.05. The quantitative estimate of drug-likeness (QED) is 0.774. The van der Waals surface area contributed by atoms with Gasteiger partial charge in [-0.1, -0.05) is 31.9 Å². The van der Waals surface area contributed by atoms with Crippen molar-refractivity contribution in [3.63, 3.8) is 0 Å². The summed E-state index contributed by atoms with van der Waals surface area (Å²) in [7, 11) is 0. The van der Waals surface area contributed by atoms with E-state index in [0.29, 0.717) is 24.5 Å². The molecule has 5 nitrogen and oxygen atoms in total. The molecule has 2 rings (SSSR count). The van der Waals surface area contributed by atoms with Gasteiger partial charge in [0.25, 0.3) is 5.91 Å². The molecule has 0 bridgehead atoms. The molecule has 1 fully saturated rings. The highest BCUT2D eigenvalue weighted by atomic mass is 16.5. The van der Waals surface area contributed by atoms with Gasteiger partial charge < -0.3 is 15.2 Å². The lowest BCUT2D eigenvalue weighted by Gasteiger charge is -2.20. The molecule has 120 valence electrons. The van der Waals surface area contributed by atoms with Gasteiger partial charge in [-0.05, 0) is 43.4 Å². The van der Waals surface area contributed by atoms with Crippen LogP contribution >= 0.6 is 0 Å². The van der Waals surface area contributed by atoms with Crippen molar-refractivity contribution in [3.8, 4) is 5.75 Å². The third-order valence-corrected chi connectivity index (χ3v) is 3.81. The summed E-state index contributed by atoms with van der Waals surface area (Å²) in [6, 6.07) is 6.64. The molecule has 2 unspecified atom stereocenters. The average molecular weight is 305 g/mol. The van der Waals surface area contributed by atoms with Crippen molar-refractivity contribution in [2.45, 2.75) is 51.7 Å². The number of nitrogens with one attached hydrogen (secondary N) is 1. The maximum absolute atomic E-state index is 12.3. The van der Waals surface area contributed by atoms with Crippen LogP contribution in [0.25, 0.3) is 0 Å². The molecule has 0 heterocycles. The third-order valence-electron chi connectivity index (χ3n) is 3.81. The molecule has 1 aromatic rings. The van der Waals surface area contributed by atoms with Gasteiger partial charge in [-0.15, -0.1) is 0 Å². The number of carboxylic acids is 1. The molecule has 0 spiro atoms. The summed E-state index contributed by atoms with van der Waals surface area (Å²) < 4.78 is 5.70. The Morgan fingerprint density at radius 1 is 1.41 bits per heavy atom. The molecule has 22 heavy (non-hydrogen) atoms. The lowest BCUT2D eigenvalue weighted by Crippen LogP contribution is -2.47. The minimum atomic E-state index is -0.981. The molecular weight excluding hydrogens is 282 g/mol. The van der Waals surface area contributed by atoms with Crippen LogP contribution in [-0.2, 0) is 9.59 Å². The van der Waals surface area contributed by atoms with Crippen molar-refractivity contribution in [2.75, 3.05) is 0 Å². The molecule has 1 aromatic carbocycles. The lowest BCUT2D eigenvalue weighted by atomic mass is 10.1. The average Bonchev–Trinajstić information content (AvgIpc) is 3.28. The maximum atomic E-state index is 12.3. The predicted octanol–water partition coefficient (Wildman–Crippen LogP) is 2.52. The molecule has 2 N–H and O–H groups in total. The van der Waals surface area contributed by atoms with Crippen molar-refractivity contribution < 1.29 is 19.4 Å². The van der Waals surface area contributed by atoms with E-state index in [-0.39, 0.29) is 5.91 Å². The fourth-order valence-electron chi connectivity index (χ4n) is 2.35. The van der Waals surface area contributed by atoms with Crippen LogP contribution in [0.2, 0.25) is 0 Å². The number of aliphatic carboxylic acids is 1. The van der Waals surface area contributed by atoms with E-state index >= 15 is 0 Å². The number of carboxylic acid groups (broad SMARTS) is 1. The van der Waals surface area contributed by atoms with E-state index in [4.69, 9.17) is 4.74 Å². The zero-order valence-electron chi connectivity index (χ0n) is 13.0. The second kappa shape index (κ2) is 7.29. The highest BCUT2D eigenvalue weighted by Crippen LogP contribution is 2.33. The van der Waals surface area contributed by atoms with E-state index in [0.717, 1.165) is 18.4 Å². The molecule has 0 aliphatic heterocycles. The Bertz CT molecular complexity index is 539. The highest BCUT2D eigenvalue weighted by molar-refractivity contribution is 5.86. The summed E-state index contributed by atoms with van der Waals surface area (Å²) in [5.74, 6) is -0.294. The van der Waals surface area contributed by atoms with Crippen LogP contribution in [0.3, 0.4) is 0 Å². The van der Waals surface area contributed by atoms with E-state index in [2.05, 4.69) is 5.32 Å². The van der Waals surface area contributed by atoms with Gasteiger partial charge in [-0.25, -0.2) is 4.79 Å². The Kier molecular flexibility index (Phi) is 5.41. The van der Waals surface area contributed by atoms with Crippen LogP contribution in [0.4, 0.5) is 0 Å². The first-order valence-electron chi connectivity index (χ1n) is 7.76. The van der Waals surface area contributed by atoms with E-state index in [1.54, 1.807) is 6.07 Å². The van der Waals surface area contributed by atoms with Crippen LogP contribution in [0.5, 0.6) is 5.75 Å². The first-order valence-corrected chi connectivity index (χ1v) is 7.76. The van der Waals surface area contributed by atoms with Crippen molar-refractivity contribution in [2.24, 2.45) is 5.92 Å². The van der Waals surface area contributed by atoms with Crippen LogP contribution in [0, 0.1) is 12.8 Å². The zero-order chi connectivity index (χ0) is 16.1. The predicted molar refractivity (Wildman–Crippen MR) is 82.8 cm³/mol. The summed E-state index contributed by atoms with van der Waals surface area (Å²) >= 11 is 0. The van der Waals surface area contributed by atoms with Crippen LogP contribution < -0.4 is 10.1 Å². The van der Waals surface area contributed by atoms with Crippen LogP contribution in [0.1, 0.15) is 38.2 Å². The van der Waals surface area contributed by atoms with Gasteiger partial charge >= 0.3 is 5.97 Å². The molecule has 1 saturated carbocycles. The topological polar surface area (TPSA) is 75.6 Å². The number of carbonyl (C=O) groups is 2. The number of aryl methyl sites for hydroxylation is 1. The normalized spacial score (nSPS) is 16.6. The van der Waals surface area contributed by atoms with Gasteiger partial charge in [0.05, 0.1) is 0 Å². The second-order valence-corrected chi connectivity index (χ2v) is 5.91. The molecule has 1 amide bonds. The number of hydrogen-bond acceptors (Lipinski definition) is 3. The second-order valence-electron chi connectivity index (χ2n) is 5.91. The lowest BCUT2D eigenvalue weighted by molar-refractivity contribution is -0.143. The molecule has 1 aliphatic carbocycles. The van der Waals surface area contributed by atoms with Crippen molar-refractivity contribution in [1.82, 2.24) is 5.32 Å². The molecule has 0 saturated heterocycles. The number of ether oxygens (including phenoxy) is 1. The summed E-state index contributed by atoms with van der Waals surface area (Å²) in [4.78, 5) is 23.5. The minimum absolute atomic E-state index is 0.364. The van der Waals surface area contributed by atoms with Crippen molar-refractivity contribution >= 4 is 11.9 Å². The van der Waals surface area contributed by atoms with Gasteiger partial charge in [0, 0.05) is 0 Å². The Morgan fingerprint density at radius 2 is 2.14 bits per heavy atom. The van der Waals surface area contributed by atoms with E-state index in [1.165, 1.54) is 0 Å². The first kappa shape index (κ1) is 16.3. The summed E-state index contributed by atoms with van der Waals surface area (Å²) in [5, 5.41) is 11.8. The Labute approximate surface area is 130 Å². The van der Waals surface area contributed by atoms with Crippen LogP contribution in [0.15, 0.2) is 24.3 Å². The molecule has 5 heteroatoms. The van der Waals surface area contributed by atoms with E-state index in [1.807, 2.05) is 32.0 Å². The molecule has 0 radical (unpaired) electrons. The van der Waals surface area contributed by atoms with Crippen molar-refractivity contribution in [1.29, 1.82) is 0 Å². The van der Waals surface area contributed by atoms with Gasteiger partial charge in [0.15, 0.2) is 6.10 Å². The Hall–Kier alpha value is -2.04. The molecule has 1 aliphatic rings. The maximum Gasteiger partial charge on any atom is 0.326 e. The molecule has 2 atom stereocenters. The first-order chi connectivity index (χ1) is 10.5. The van der Waals surface area contributed by atoms with Gasteiger partial charge in [-0.2, -0.15) is 0 Å². The summed E-state index contributed by atoms with van der Waals surface area (Å²) in [6.07, 6.45) is 2.41. The van der Waals surface area contributed by atoms with E-state index < -0.39 is 18.1 Å². The van der Waals surface area contributed by atoms with E-state index in [9.17, 15) is 14.7 Å². The van der Waals surface area contributed by atoms with Crippen molar-refractivity contribution in [3.05, 3.63) is 29.8 Å². The monoisotopic (exact) mass is 305 g/mol. The third kappa shape index (κ3) is 4.76. The van der Waals surface area contributed by atoms with Gasteiger partial charge in [0.2, 0.25) is 0 Å². The molecule has 0 aromatic heterocycles. The minimum Gasteiger partial charge on any atom is -0.481 e. The zero-order valence-corrected chi connectivity index (χ0v) is 13.0. The highest BCUT2D eigenvalue weighted by Gasteiger charge is 2.32. The fraction of sp³-hybridized carbons (Fsp3) is 0.529. The number of carbonyl (C=O) groups excluding carboxylic acids is 1. The standard InChI is InChI=1S/C17H23NO4/c1-3-15(22-13-6-4-5-11(2)9-13)16(19)18-14(17(20)21)10-12-7-8-12/h4-6,9,12,14-15H,3,7-8,10H2,1-2H3,(H,18,19)(H,20,21). The summed E-state index contributed by atoms with van der Waals surface area (Å²) in [6.45, 7) is 3.79. The fourth-order valence-corrected chi connectivity index (χ4v) is 2.35. The molecular formula is C17H23NO4. The van der Waals surface area contributed by atoms with Gasteiger partial charge in [0.1, 0.15) is 11.8 Å².